The molecule has 2 aromatic rings. The largest absolute Gasteiger partial charge is 0.368 e. The van der Waals surface area contributed by atoms with Gasteiger partial charge in [-0.25, -0.2) is 9.37 Å². The van der Waals surface area contributed by atoms with E-state index in [0.29, 0.717) is 11.5 Å². The van der Waals surface area contributed by atoms with Crippen molar-refractivity contribution in [1.82, 2.24) is 9.97 Å². The van der Waals surface area contributed by atoms with Gasteiger partial charge in [-0.3, -0.25) is 0 Å². The summed E-state index contributed by atoms with van der Waals surface area (Å²) in [6.45, 7) is 1.83. The Morgan fingerprint density at radius 3 is 2.88 bits per heavy atom. The lowest BCUT2D eigenvalue weighted by molar-refractivity contribution is 0.629. The highest BCUT2D eigenvalue weighted by molar-refractivity contribution is 6.30. The van der Waals surface area contributed by atoms with E-state index in [-0.39, 0.29) is 11.0 Å². The number of rotatable bonds is 2. The standard InChI is InChI=1S/C11H10ClFN4/c1-6-5-15-11(14)17-10(6)16-7-2-3-8(12)9(13)4-7/h2-5H,1H3,(H3,14,15,16,17). The van der Waals surface area contributed by atoms with Crippen molar-refractivity contribution in [3.05, 3.63) is 40.8 Å². The van der Waals surface area contributed by atoms with Crippen LogP contribution >= 0.6 is 11.6 Å². The number of nitrogens with zero attached hydrogens (tertiary/aromatic N) is 2. The molecule has 2 rings (SSSR count). The van der Waals surface area contributed by atoms with Gasteiger partial charge < -0.3 is 11.1 Å². The minimum Gasteiger partial charge on any atom is -0.368 e. The van der Waals surface area contributed by atoms with Gasteiger partial charge in [-0.1, -0.05) is 11.6 Å². The second kappa shape index (κ2) is 4.55. The summed E-state index contributed by atoms with van der Waals surface area (Å²) in [6.07, 6.45) is 1.59. The summed E-state index contributed by atoms with van der Waals surface area (Å²) in [6, 6.07) is 4.42. The number of aromatic nitrogens is 2. The zero-order chi connectivity index (χ0) is 12.4. The van der Waals surface area contributed by atoms with Gasteiger partial charge in [0.25, 0.3) is 0 Å². The first kappa shape index (κ1) is 11.6. The molecule has 0 bridgehead atoms. The van der Waals surface area contributed by atoms with Gasteiger partial charge in [0.15, 0.2) is 0 Å². The number of halogens is 2. The topological polar surface area (TPSA) is 63.8 Å². The van der Waals surface area contributed by atoms with Gasteiger partial charge >= 0.3 is 0 Å². The average Bonchev–Trinajstić information content (AvgIpc) is 2.29. The molecule has 1 heterocycles. The molecule has 0 atom stereocenters. The third kappa shape index (κ3) is 2.62. The highest BCUT2D eigenvalue weighted by atomic mass is 35.5. The van der Waals surface area contributed by atoms with E-state index in [1.54, 1.807) is 12.3 Å². The second-order valence-corrected chi connectivity index (χ2v) is 3.92. The summed E-state index contributed by atoms with van der Waals surface area (Å²) < 4.78 is 13.2. The van der Waals surface area contributed by atoms with Crippen LogP contribution < -0.4 is 11.1 Å². The average molecular weight is 253 g/mol. The maximum atomic E-state index is 13.2. The van der Waals surface area contributed by atoms with Crippen molar-refractivity contribution in [2.24, 2.45) is 0 Å². The molecule has 4 nitrogen and oxygen atoms in total. The van der Waals surface area contributed by atoms with Crippen LogP contribution in [0, 0.1) is 12.7 Å². The number of aryl methyl sites for hydroxylation is 1. The Kier molecular flexibility index (Phi) is 3.10. The summed E-state index contributed by atoms with van der Waals surface area (Å²) in [5.41, 5.74) is 6.84. The Balaban J connectivity index is 2.31. The highest BCUT2D eigenvalue weighted by Gasteiger charge is 2.05. The molecule has 6 heteroatoms. The van der Waals surface area contributed by atoms with Crippen molar-refractivity contribution in [2.75, 3.05) is 11.1 Å². The predicted octanol–water partition coefficient (Wildman–Crippen LogP) is 2.90. The lowest BCUT2D eigenvalue weighted by Gasteiger charge is -2.08. The molecule has 0 aliphatic heterocycles. The van der Waals surface area contributed by atoms with Crippen LogP contribution in [-0.2, 0) is 0 Å². The molecule has 0 aliphatic carbocycles. The van der Waals surface area contributed by atoms with Crippen LogP contribution in [0.2, 0.25) is 5.02 Å². The molecular weight excluding hydrogens is 243 g/mol. The second-order valence-electron chi connectivity index (χ2n) is 3.51. The molecule has 17 heavy (non-hydrogen) atoms. The van der Waals surface area contributed by atoms with E-state index in [1.807, 2.05) is 6.92 Å². The number of benzene rings is 1. The van der Waals surface area contributed by atoms with Crippen molar-refractivity contribution < 1.29 is 4.39 Å². The van der Waals surface area contributed by atoms with Gasteiger partial charge in [0.2, 0.25) is 5.95 Å². The number of nitrogen functional groups attached to an aromatic ring is 1. The van der Waals surface area contributed by atoms with Crippen LogP contribution in [-0.4, -0.2) is 9.97 Å². The van der Waals surface area contributed by atoms with Crippen molar-refractivity contribution in [2.45, 2.75) is 6.92 Å². The summed E-state index contributed by atoms with van der Waals surface area (Å²) in [7, 11) is 0. The Labute approximate surface area is 103 Å². The number of hydrogen-bond acceptors (Lipinski definition) is 4. The summed E-state index contributed by atoms with van der Waals surface area (Å²) in [5.74, 6) is 0.211. The molecule has 0 amide bonds. The van der Waals surface area contributed by atoms with E-state index >= 15 is 0 Å². The first-order valence-corrected chi connectivity index (χ1v) is 5.25. The van der Waals surface area contributed by atoms with E-state index < -0.39 is 5.82 Å². The summed E-state index contributed by atoms with van der Waals surface area (Å²) in [4.78, 5) is 7.86. The number of nitrogens with one attached hydrogen (secondary N) is 1. The van der Waals surface area contributed by atoms with Gasteiger partial charge in [-0.15, -0.1) is 0 Å². The molecule has 0 unspecified atom stereocenters. The third-order valence-electron chi connectivity index (χ3n) is 2.17. The first-order chi connectivity index (χ1) is 8.06. The lowest BCUT2D eigenvalue weighted by Crippen LogP contribution is -2.02. The number of nitrogens with two attached hydrogens (primary N) is 1. The van der Waals surface area contributed by atoms with E-state index in [4.69, 9.17) is 17.3 Å². The van der Waals surface area contributed by atoms with Crippen molar-refractivity contribution in [1.29, 1.82) is 0 Å². The quantitative estimate of drug-likeness (QED) is 0.863. The highest BCUT2D eigenvalue weighted by Crippen LogP contribution is 2.22. The molecule has 1 aromatic heterocycles. The molecule has 0 saturated carbocycles. The molecule has 1 aromatic carbocycles. The third-order valence-corrected chi connectivity index (χ3v) is 2.48. The molecule has 0 radical (unpaired) electrons. The monoisotopic (exact) mass is 252 g/mol. The normalized spacial score (nSPS) is 10.3. The van der Waals surface area contributed by atoms with Crippen molar-refractivity contribution in [3.8, 4) is 0 Å². The van der Waals surface area contributed by atoms with Gasteiger partial charge in [-0.2, -0.15) is 4.98 Å². The number of anilines is 3. The molecule has 3 N–H and O–H groups in total. The zero-order valence-corrected chi connectivity index (χ0v) is 9.79. The predicted molar refractivity (Wildman–Crippen MR) is 65.9 cm³/mol. The Hall–Kier alpha value is -1.88. The Morgan fingerprint density at radius 2 is 2.18 bits per heavy atom. The smallest absolute Gasteiger partial charge is 0.221 e. The first-order valence-electron chi connectivity index (χ1n) is 4.87. The minimum absolute atomic E-state index is 0.0782. The maximum Gasteiger partial charge on any atom is 0.221 e. The van der Waals surface area contributed by atoms with Crippen LogP contribution in [0.1, 0.15) is 5.56 Å². The molecule has 0 spiro atoms. The fourth-order valence-corrected chi connectivity index (χ4v) is 1.41. The van der Waals surface area contributed by atoms with Gasteiger partial charge in [0.05, 0.1) is 5.02 Å². The van der Waals surface area contributed by atoms with Gasteiger partial charge in [0.1, 0.15) is 11.6 Å². The van der Waals surface area contributed by atoms with E-state index in [2.05, 4.69) is 15.3 Å². The molecular formula is C11H10ClFN4. The van der Waals surface area contributed by atoms with Crippen LogP contribution in [0.4, 0.5) is 21.8 Å². The van der Waals surface area contributed by atoms with Gasteiger partial charge in [0, 0.05) is 17.4 Å². The van der Waals surface area contributed by atoms with E-state index in [0.717, 1.165) is 5.56 Å². The minimum atomic E-state index is -0.489. The van der Waals surface area contributed by atoms with Gasteiger partial charge in [-0.05, 0) is 25.1 Å². The fourth-order valence-electron chi connectivity index (χ4n) is 1.29. The Bertz CT molecular complexity index is 559. The van der Waals surface area contributed by atoms with E-state index in [1.165, 1.54) is 12.1 Å². The van der Waals surface area contributed by atoms with Crippen LogP contribution in [0.25, 0.3) is 0 Å². The van der Waals surface area contributed by atoms with Crippen molar-refractivity contribution >= 4 is 29.1 Å². The van der Waals surface area contributed by atoms with Crippen LogP contribution in [0.3, 0.4) is 0 Å². The van der Waals surface area contributed by atoms with Crippen LogP contribution in [0.5, 0.6) is 0 Å². The molecule has 0 fully saturated rings. The van der Waals surface area contributed by atoms with Crippen molar-refractivity contribution in [3.63, 3.8) is 0 Å². The SMILES string of the molecule is Cc1cnc(N)nc1Nc1ccc(Cl)c(F)c1. The molecule has 88 valence electrons. The summed E-state index contributed by atoms with van der Waals surface area (Å²) >= 11 is 5.59. The van der Waals surface area contributed by atoms with Crippen LogP contribution in [0.15, 0.2) is 24.4 Å². The number of hydrogen-bond donors (Lipinski definition) is 2. The zero-order valence-electron chi connectivity index (χ0n) is 9.04. The Morgan fingerprint density at radius 1 is 1.41 bits per heavy atom. The van der Waals surface area contributed by atoms with E-state index in [9.17, 15) is 4.39 Å². The molecule has 0 aliphatic rings. The molecule has 0 saturated heterocycles. The maximum absolute atomic E-state index is 13.2. The fraction of sp³-hybridized carbons (Fsp3) is 0.0909. The summed E-state index contributed by atoms with van der Waals surface area (Å²) in [5, 5.41) is 3.03. The lowest BCUT2D eigenvalue weighted by atomic mass is 10.3.